The standard InChI is InChI=1S/C14H18N2OS/c1-9(2)11-4-6-12(7-5-11)15-14-16-13(17)8-10(3)18-14/h4-7,9-10H,8H2,1-3H3,(H,15,16,17). The van der Waals surface area contributed by atoms with Crippen molar-refractivity contribution < 1.29 is 4.79 Å². The van der Waals surface area contributed by atoms with Crippen LogP contribution in [0, 0.1) is 0 Å². The Hall–Kier alpha value is -1.29. The van der Waals surface area contributed by atoms with Crippen molar-refractivity contribution in [3.8, 4) is 0 Å². The minimum atomic E-state index is 0.0544. The van der Waals surface area contributed by atoms with Gasteiger partial charge in [-0.1, -0.05) is 44.7 Å². The van der Waals surface area contributed by atoms with E-state index in [-0.39, 0.29) is 5.91 Å². The predicted molar refractivity (Wildman–Crippen MR) is 77.4 cm³/mol. The van der Waals surface area contributed by atoms with Gasteiger partial charge in [-0.3, -0.25) is 4.79 Å². The molecular weight excluding hydrogens is 244 g/mol. The number of rotatable bonds is 2. The lowest BCUT2D eigenvalue weighted by Gasteiger charge is -2.19. The first-order valence-corrected chi connectivity index (χ1v) is 7.07. The van der Waals surface area contributed by atoms with Crippen LogP contribution in [0.1, 0.15) is 38.7 Å². The van der Waals surface area contributed by atoms with Gasteiger partial charge in [0.1, 0.15) is 0 Å². The Morgan fingerprint density at radius 2 is 2.00 bits per heavy atom. The summed E-state index contributed by atoms with van der Waals surface area (Å²) in [5.74, 6) is 0.578. The van der Waals surface area contributed by atoms with E-state index in [4.69, 9.17) is 0 Å². The number of benzene rings is 1. The second-order valence-corrected chi connectivity index (χ2v) is 6.27. The molecule has 2 rings (SSSR count). The molecule has 1 heterocycles. The summed E-state index contributed by atoms with van der Waals surface area (Å²) < 4.78 is 0. The zero-order chi connectivity index (χ0) is 13.1. The van der Waals surface area contributed by atoms with Gasteiger partial charge in [0, 0.05) is 11.7 Å². The molecule has 1 aliphatic heterocycles. The second kappa shape index (κ2) is 5.57. The van der Waals surface area contributed by atoms with Gasteiger partial charge in [-0.25, -0.2) is 4.99 Å². The number of carbonyl (C=O) groups is 1. The van der Waals surface area contributed by atoms with Gasteiger partial charge in [-0.05, 0) is 23.6 Å². The Morgan fingerprint density at radius 3 is 2.56 bits per heavy atom. The van der Waals surface area contributed by atoms with E-state index < -0.39 is 0 Å². The van der Waals surface area contributed by atoms with Crippen molar-refractivity contribution in [2.75, 3.05) is 0 Å². The fraction of sp³-hybridized carbons (Fsp3) is 0.429. The lowest BCUT2D eigenvalue weighted by atomic mass is 10.0. The van der Waals surface area contributed by atoms with Crippen LogP contribution in [0.4, 0.5) is 5.69 Å². The minimum absolute atomic E-state index is 0.0544. The predicted octanol–water partition coefficient (Wildman–Crippen LogP) is 3.44. The lowest BCUT2D eigenvalue weighted by molar-refractivity contribution is -0.119. The normalized spacial score (nSPS) is 22.3. The first-order valence-electron chi connectivity index (χ1n) is 6.20. The highest BCUT2D eigenvalue weighted by Crippen LogP contribution is 2.24. The maximum absolute atomic E-state index is 11.4. The van der Waals surface area contributed by atoms with Gasteiger partial charge >= 0.3 is 0 Å². The molecular formula is C14H18N2OS. The fourth-order valence-corrected chi connectivity index (χ4v) is 2.75. The van der Waals surface area contributed by atoms with Crippen LogP contribution in [-0.2, 0) is 4.79 Å². The van der Waals surface area contributed by atoms with Gasteiger partial charge in [0.25, 0.3) is 0 Å². The van der Waals surface area contributed by atoms with Crippen molar-refractivity contribution in [1.29, 1.82) is 0 Å². The number of amidine groups is 1. The molecule has 0 spiro atoms. The summed E-state index contributed by atoms with van der Waals surface area (Å²) in [4.78, 5) is 15.9. The molecule has 1 aliphatic rings. The molecule has 1 unspecified atom stereocenters. The number of hydrogen-bond donors (Lipinski definition) is 1. The van der Waals surface area contributed by atoms with E-state index in [9.17, 15) is 4.79 Å². The van der Waals surface area contributed by atoms with Gasteiger partial charge in [0.15, 0.2) is 5.17 Å². The Kier molecular flexibility index (Phi) is 4.07. The monoisotopic (exact) mass is 262 g/mol. The van der Waals surface area contributed by atoms with E-state index in [1.807, 2.05) is 19.1 Å². The molecule has 1 fully saturated rings. The molecule has 96 valence electrons. The van der Waals surface area contributed by atoms with Crippen LogP contribution >= 0.6 is 11.8 Å². The number of hydrogen-bond acceptors (Lipinski definition) is 3. The molecule has 0 aliphatic carbocycles. The zero-order valence-corrected chi connectivity index (χ0v) is 11.8. The van der Waals surface area contributed by atoms with Crippen molar-refractivity contribution >= 4 is 28.5 Å². The third-order valence-corrected chi connectivity index (χ3v) is 3.81. The summed E-state index contributed by atoms with van der Waals surface area (Å²) in [5, 5.41) is 3.81. The molecule has 1 amide bonds. The Morgan fingerprint density at radius 1 is 1.33 bits per heavy atom. The van der Waals surface area contributed by atoms with Gasteiger partial charge in [-0.2, -0.15) is 0 Å². The molecule has 1 saturated heterocycles. The first kappa shape index (κ1) is 13.1. The molecule has 1 atom stereocenters. The average Bonchev–Trinajstić information content (AvgIpc) is 2.28. The molecule has 4 heteroatoms. The molecule has 1 N–H and O–H groups in total. The second-order valence-electron chi connectivity index (χ2n) is 4.84. The van der Waals surface area contributed by atoms with Crippen LogP contribution in [-0.4, -0.2) is 16.3 Å². The Labute approximate surface area is 112 Å². The number of carbonyl (C=O) groups excluding carboxylic acids is 1. The SMILES string of the molecule is CC1CC(=O)NC(=Nc2ccc(C(C)C)cc2)S1. The van der Waals surface area contributed by atoms with Gasteiger partial charge in [-0.15, -0.1) is 0 Å². The van der Waals surface area contributed by atoms with Crippen LogP contribution in [0.5, 0.6) is 0 Å². The van der Waals surface area contributed by atoms with E-state index in [1.54, 1.807) is 11.8 Å². The van der Waals surface area contributed by atoms with E-state index in [2.05, 4.69) is 36.3 Å². The van der Waals surface area contributed by atoms with Crippen LogP contribution in [0.3, 0.4) is 0 Å². The van der Waals surface area contributed by atoms with Crippen LogP contribution in [0.2, 0.25) is 0 Å². The smallest absolute Gasteiger partial charge is 0.227 e. The fourth-order valence-electron chi connectivity index (χ4n) is 1.80. The largest absolute Gasteiger partial charge is 0.305 e. The third kappa shape index (κ3) is 3.35. The number of nitrogens with one attached hydrogen (secondary N) is 1. The first-order chi connectivity index (χ1) is 8.54. The molecule has 0 saturated carbocycles. The number of amides is 1. The highest BCUT2D eigenvalue weighted by Gasteiger charge is 2.20. The topological polar surface area (TPSA) is 41.5 Å². The summed E-state index contributed by atoms with van der Waals surface area (Å²) in [6, 6.07) is 8.16. The maximum Gasteiger partial charge on any atom is 0.227 e. The maximum atomic E-state index is 11.4. The van der Waals surface area contributed by atoms with Crippen molar-refractivity contribution in [2.45, 2.75) is 38.4 Å². The van der Waals surface area contributed by atoms with Gasteiger partial charge in [0.05, 0.1) is 5.69 Å². The summed E-state index contributed by atoms with van der Waals surface area (Å²) >= 11 is 1.61. The lowest BCUT2D eigenvalue weighted by Crippen LogP contribution is -2.36. The third-order valence-electron chi connectivity index (χ3n) is 2.82. The summed E-state index contributed by atoms with van der Waals surface area (Å²) in [6.07, 6.45) is 0.565. The molecule has 3 nitrogen and oxygen atoms in total. The highest BCUT2D eigenvalue weighted by atomic mass is 32.2. The highest BCUT2D eigenvalue weighted by molar-refractivity contribution is 8.14. The molecule has 0 aromatic heterocycles. The van der Waals surface area contributed by atoms with Gasteiger partial charge < -0.3 is 5.32 Å². The molecule has 1 aromatic carbocycles. The summed E-state index contributed by atoms with van der Waals surface area (Å²) in [6.45, 7) is 6.38. The summed E-state index contributed by atoms with van der Waals surface area (Å²) in [7, 11) is 0. The zero-order valence-electron chi connectivity index (χ0n) is 10.9. The van der Waals surface area contributed by atoms with Crippen LogP contribution in [0.15, 0.2) is 29.3 Å². The molecule has 1 aromatic rings. The molecule has 0 bridgehead atoms. The van der Waals surface area contributed by atoms with Crippen molar-refractivity contribution in [3.05, 3.63) is 29.8 Å². The summed E-state index contributed by atoms with van der Waals surface area (Å²) in [5.41, 5.74) is 2.18. The number of thioether (sulfide) groups is 1. The molecule has 18 heavy (non-hydrogen) atoms. The Balaban J connectivity index is 2.14. The van der Waals surface area contributed by atoms with Crippen LogP contribution < -0.4 is 5.32 Å². The molecule has 0 radical (unpaired) electrons. The Bertz CT molecular complexity index is 465. The van der Waals surface area contributed by atoms with E-state index in [0.717, 1.165) is 5.69 Å². The van der Waals surface area contributed by atoms with E-state index in [1.165, 1.54) is 5.56 Å². The van der Waals surface area contributed by atoms with Crippen molar-refractivity contribution in [1.82, 2.24) is 5.32 Å². The van der Waals surface area contributed by atoms with Crippen molar-refractivity contribution in [3.63, 3.8) is 0 Å². The quantitative estimate of drug-likeness (QED) is 0.887. The number of aliphatic imine (C=N–C) groups is 1. The number of nitrogens with zero attached hydrogens (tertiary/aromatic N) is 1. The van der Waals surface area contributed by atoms with Gasteiger partial charge in [0.2, 0.25) is 5.91 Å². The van der Waals surface area contributed by atoms with E-state index in [0.29, 0.717) is 22.8 Å². The van der Waals surface area contributed by atoms with Crippen molar-refractivity contribution in [2.24, 2.45) is 4.99 Å². The van der Waals surface area contributed by atoms with E-state index >= 15 is 0 Å². The average molecular weight is 262 g/mol. The van der Waals surface area contributed by atoms with Crippen LogP contribution in [0.25, 0.3) is 0 Å². The minimum Gasteiger partial charge on any atom is -0.305 e.